The number of rotatable bonds is 5. The van der Waals surface area contributed by atoms with E-state index in [1.54, 1.807) is 6.07 Å². The summed E-state index contributed by atoms with van der Waals surface area (Å²) in [5, 5.41) is 22.6. The summed E-state index contributed by atoms with van der Waals surface area (Å²) in [5.74, 6) is -2.03. The first-order chi connectivity index (χ1) is 17.3. The first-order valence-electron chi connectivity index (χ1n) is 11.3. The number of nitrogens with zero attached hydrogens (tertiary/aromatic N) is 3. The number of fused-ring (bicyclic) bond motifs is 1. The second-order valence-corrected chi connectivity index (χ2v) is 9.55. The summed E-state index contributed by atoms with van der Waals surface area (Å²) in [6.45, 7) is 3.95. The van der Waals surface area contributed by atoms with Gasteiger partial charge in [0, 0.05) is 17.7 Å². The third-order valence-corrected chi connectivity index (χ3v) is 7.23. The average molecular weight is 500 g/mol. The Labute approximate surface area is 210 Å². The van der Waals surface area contributed by atoms with Gasteiger partial charge in [-0.2, -0.15) is 0 Å². The number of nitro groups is 1. The maximum atomic E-state index is 13.4. The minimum absolute atomic E-state index is 0.0899. The van der Waals surface area contributed by atoms with Crippen LogP contribution in [0.2, 0.25) is 0 Å². The molecule has 0 radical (unpaired) electrons. The number of hydrogen-bond donors (Lipinski definition) is 1. The van der Waals surface area contributed by atoms with Gasteiger partial charge in [0.1, 0.15) is 5.76 Å². The molecule has 1 unspecified atom stereocenters. The lowest BCUT2D eigenvalue weighted by molar-refractivity contribution is -0.384. The van der Waals surface area contributed by atoms with Crippen molar-refractivity contribution in [2.75, 3.05) is 4.90 Å². The highest BCUT2D eigenvalue weighted by Crippen LogP contribution is 2.44. The zero-order valence-electron chi connectivity index (χ0n) is 19.5. The maximum Gasteiger partial charge on any atom is 0.301 e. The van der Waals surface area contributed by atoms with Crippen molar-refractivity contribution in [2.45, 2.75) is 26.3 Å². The molecule has 0 bridgehead atoms. The topological polar surface area (TPSA) is 114 Å². The fourth-order valence-corrected chi connectivity index (χ4v) is 5.42. The molecule has 1 saturated heterocycles. The molecule has 0 saturated carbocycles. The molecule has 1 aliphatic heterocycles. The standard InChI is InChI=1S/C27H21N3O5S/c1-3-16-7-12-20-21(14-16)36-27(28-20)29-23(18-6-4-5-15(2)13-18)22(25(32)26(29)33)24(31)17-8-10-19(11-9-17)30(34)35/h4-14,23,31H,3H2,1-2H3/b24-22+. The Morgan fingerprint density at radius 1 is 1.11 bits per heavy atom. The molecule has 0 spiro atoms. The normalized spacial score (nSPS) is 17.2. The number of benzene rings is 3. The number of carbonyl (C=O) groups is 2. The van der Waals surface area contributed by atoms with Crippen LogP contribution >= 0.6 is 11.3 Å². The molecule has 180 valence electrons. The third-order valence-electron chi connectivity index (χ3n) is 6.21. The monoisotopic (exact) mass is 499 g/mol. The minimum atomic E-state index is -0.911. The Balaban J connectivity index is 1.70. The van der Waals surface area contributed by atoms with Gasteiger partial charge in [0.2, 0.25) is 0 Å². The van der Waals surface area contributed by atoms with Crippen molar-refractivity contribution in [3.63, 3.8) is 0 Å². The van der Waals surface area contributed by atoms with E-state index in [4.69, 9.17) is 0 Å². The van der Waals surface area contributed by atoms with Crippen molar-refractivity contribution in [1.82, 2.24) is 4.98 Å². The number of aromatic nitrogens is 1. The number of amides is 1. The van der Waals surface area contributed by atoms with E-state index in [0.29, 0.717) is 16.2 Å². The van der Waals surface area contributed by atoms with E-state index in [2.05, 4.69) is 11.9 Å². The van der Waals surface area contributed by atoms with Crippen molar-refractivity contribution in [1.29, 1.82) is 0 Å². The first-order valence-corrected chi connectivity index (χ1v) is 12.1. The van der Waals surface area contributed by atoms with Gasteiger partial charge in [0.25, 0.3) is 11.5 Å². The van der Waals surface area contributed by atoms with E-state index in [-0.39, 0.29) is 16.8 Å². The lowest BCUT2D eigenvalue weighted by Crippen LogP contribution is -2.29. The number of aryl methyl sites for hydroxylation is 2. The van der Waals surface area contributed by atoms with E-state index in [9.17, 15) is 24.8 Å². The second-order valence-electron chi connectivity index (χ2n) is 8.54. The quantitative estimate of drug-likeness (QED) is 0.124. The fraction of sp³-hybridized carbons (Fsp3) is 0.148. The van der Waals surface area contributed by atoms with E-state index < -0.39 is 28.4 Å². The van der Waals surface area contributed by atoms with Crippen LogP contribution in [-0.2, 0) is 16.0 Å². The summed E-state index contributed by atoms with van der Waals surface area (Å²) >= 11 is 1.31. The fourth-order valence-electron chi connectivity index (χ4n) is 4.36. The van der Waals surface area contributed by atoms with Crippen LogP contribution in [0.3, 0.4) is 0 Å². The molecule has 1 amide bonds. The summed E-state index contributed by atoms with van der Waals surface area (Å²) in [5.41, 5.74) is 3.38. The van der Waals surface area contributed by atoms with Crippen molar-refractivity contribution in [3.8, 4) is 0 Å². The number of nitro benzene ring substituents is 1. The van der Waals surface area contributed by atoms with Crippen LogP contribution < -0.4 is 4.90 Å². The number of hydrogen-bond acceptors (Lipinski definition) is 7. The molecule has 0 aliphatic carbocycles. The second kappa shape index (κ2) is 9.01. The van der Waals surface area contributed by atoms with Crippen LogP contribution in [0.5, 0.6) is 0 Å². The number of aliphatic hydroxyl groups is 1. The van der Waals surface area contributed by atoms with Gasteiger partial charge in [-0.05, 0) is 48.7 Å². The van der Waals surface area contributed by atoms with E-state index in [1.165, 1.54) is 40.5 Å². The Morgan fingerprint density at radius 2 is 1.86 bits per heavy atom. The number of carbonyl (C=O) groups excluding carboxylic acids is 2. The number of ketones is 1. The molecular formula is C27H21N3O5S. The van der Waals surface area contributed by atoms with Crippen molar-refractivity contribution >= 4 is 49.8 Å². The molecule has 3 aromatic carbocycles. The molecule has 1 atom stereocenters. The summed E-state index contributed by atoms with van der Waals surface area (Å²) < 4.78 is 0.893. The highest BCUT2D eigenvalue weighted by molar-refractivity contribution is 7.22. The summed E-state index contributed by atoms with van der Waals surface area (Å²) in [6.07, 6.45) is 0.853. The van der Waals surface area contributed by atoms with Crippen LogP contribution in [0, 0.1) is 17.0 Å². The van der Waals surface area contributed by atoms with E-state index in [0.717, 1.165) is 22.2 Å². The highest BCUT2D eigenvalue weighted by atomic mass is 32.1. The molecule has 1 aliphatic rings. The summed E-state index contributed by atoms with van der Waals surface area (Å²) in [6, 6.07) is 17.6. The maximum absolute atomic E-state index is 13.4. The molecule has 8 nitrogen and oxygen atoms in total. The highest BCUT2D eigenvalue weighted by Gasteiger charge is 2.48. The molecule has 2 heterocycles. The van der Waals surface area contributed by atoms with Gasteiger partial charge in [-0.3, -0.25) is 24.6 Å². The van der Waals surface area contributed by atoms with Crippen LogP contribution in [0.25, 0.3) is 16.0 Å². The lowest BCUT2D eigenvalue weighted by Gasteiger charge is -2.23. The zero-order chi connectivity index (χ0) is 25.6. The predicted octanol–water partition coefficient (Wildman–Crippen LogP) is 5.70. The van der Waals surface area contributed by atoms with Gasteiger partial charge in [-0.1, -0.05) is 54.2 Å². The number of thiazole rings is 1. The van der Waals surface area contributed by atoms with Gasteiger partial charge >= 0.3 is 5.91 Å². The Kier molecular flexibility index (Phi) is 5.85. The van der Waals surface area contributed by atoms with Crippen molar-refractivity contribution < 1.29 is 19.6 Å². The molecule has 36 heavy (non-hydrogen) atoms. The van der Waals surface area contributed by atoms with Gasteiger partial charge < -0.3 is 5.11 Å². The zero-order valence-corrected chi connectivity index (χ0v) is 20.3. The Bertz CT molecular complexity index is 1570. The predicted molar refractivity (Wildman–Crippen MR) is 138 cm³/mol. The molecule has 4 aromatic rings. The molecule has 1 N–H and O–H groups in total. The van der Waals surface area contributed by atoms with Crippen LogP contribution in [0.15, 0.2) is 72.3 Å². The molecule has 9 heteroatoms. The van der Waals surface area contributed by atoms with Gasteiger partial charge in [0.15, 0.2) is 5.13 Å². The Morgan fingerprint density at radius 3 is 2.53 bits per heavy atom. The largest absolute Gasteiger partial charge is 0.507 e. The number of non-ortho nitro benzene ring substituents is 1. The molecule has 5 rings (SSSR count). The molecular weight excluding hydrogens is 478 g/mol. The summed E-state index contributed by atoms with van der Waals surface area (Å²) in [4.78, 5) is 43.2. The van der Waals surface area contributed by atoms with Crippen LogP contribution in [0.4, 0.5) is 10.8 Å². The molecule has 1 aromatic heterocycles. The van der Waals surface area contributed by atoms with E-state index in [1.807, 2.05) is 43.3 Å². The summed E-state index contributed by atoms with van der Waals surface area (Å²) in [7, 11) is 0. The average Bonchev–Trinajstić information content (AvgIpc) is 3.41. The number of aliphatic hydroxyl groups excluding tert-OH is 1. The lowest BCUT2D eigenvalue weighted by atomic mass is 9.94. The van der Waals surface area contributed by atoms with Gasteiger partial charge in [-0.15, -0.1) is 0 Å². The SMILES string of the molecule is CCc1ccc2nc(N3C(=O)C(=O)/C(=C(/O)c4ccc([N+](=O)[O-])cc4)C3c3cccc(C)c3)sc2c1. The van der Waals surface area contributed by atoms with Gasteiger partial charge in [-0.25, -0.2) is 4.98 Å². The Hall–Kier alpha value is -4.37. The van der Waals surface area contributed by atoms with Gasteiger partial charge in [0.05, 0.1) is 26.8 Å². The third kappa shape index (κ3) is 3.93. The van der Waals surface area contributed by atoms with Crippen molar-refractivity contribution in [3.05, 3.63) is 105 Å². The minimum Gasteiger partial charge on any atom is -0.507 e. The first kappa shape index (κ1) is 23.4. The van der Waals surface area contributed by atoms with E-state index >= 15 is 0 Å². The number of Topliss-reactive ketones (excluding diaryl/α,β-unsaturated/α-hetero) is 1. The number of anilines is 1. The van der Waals surface area contributed by atoms with Crippen molar-refractivity contribution in [2.24, 2.45) is 0 Å². The van der Waals surface area contributed by atoms with Crippen LogP contribution in [0.1, 0.15) is 35.2 Å². The smallest absolute Gasteiger partial charge is 0.301 e. The molecule has 1 fully saturated rings. The van der Waals surface area contributed by atoms with Crippen LogP contribution in [-0.4, -0.2) is 26.7 Å².